The first kappa shape index (κ1) is 13.2. The number of benzene rings is 1. The second kappa shape index (κ2) is 5.63. The monoisotopic (exact) mass is 266 g/mol. The third kappa shape index (κ3) is 2.79. The van der Waals surface area contributed by atoms with Gasteiger partial charge in [-0.3, -0.25) is 15.1 Å². The Balaban J connectivity index is 2.47. The standard InChI is InChI=1S/C14H9N3O3/c15-9-11(12-3-1-2-6-16-12)7-10-4-5-14(18)13(8-10)17(19)20/h1-8,18H/p-1/b11-7+. The van der Waals surface area contributed by atoms with Gasteiger partial charge >= 0.3 is 0 Å². The van der Waals surface area contributed by atoms with Crippen LogP contribution < -0.4 is 5.11 Å². The number of allylic oxidation sites excluding steroid dienone is 1. The molecule has 0 atom stereocenters. The molecule has 98 valence electrons. The van der Waals surface area contributed by atoms with Crippen LogP contribution in [0.3, 0.4) is 0 Å². The Kier molecular flexibility index (Phi) is 3.72. The molecule has 0 saturated heterocycles. The highest BCUT2D eigenvalue weighted by Gasteiger charge is 2.08. The Hall–Kier alpha value is -3.20. The number of hydrogen-bond donors (Lipinski definition) is 0. The molecule has 0 N–H and O–H groups in total. The van der Waals surface area contributed by atoms with Crippen LogP contribution in [0.2, 0.25) is 0 Å². The zero-order valence-corrected chi connectivity index (χ0v) is 10.2. The zero-order valence-electron chi connectivity index (χ0n) is 10.2. The third-order valence-electron chi connectivity index (χ3n) is 2.55. The van der Waals surface area contributed by atoms with E-state index in [4.69, 9.17) is 5.26 Å². The van der Waals surface area contributed by atoms with E-state index in [0.717, 1.165) is 12.1 Å². The van der Waals surface area contributed by atoms with Crippen molar-refractivity contribution < 1.29 is 10.0 Å². The zero-order chi connectivity index (χ0) is 14.5. The lowest BCUT2D eigenvalue weighted by Crippen LogP contribution is -1.97. The maximum absolute atomic E-state index is 11.3. The number of rotatable bonds is 3. The molecule has 0 saturated carbocycles. The van der Waals surface area contributed by atoms with E-state index in [9.17, 15) is 15.2 Å². The van der Waals surface area contributed by atoms with Gasteiger partial charge in [0.15, 0.2) is 0 Å². The predicted octanol–water partition coefficient (Wildman–Crippen LogP) is 2.13. The van der Waals surface area contributed by atoms with E-state index < -0.39 is 16.4 Å². The van der Waals surface area contributed by atoms with Crippen molar-refractivity contribution >= 4 is 17.3 Å². The summed E-state index contributed by atoms with van der Waals surface area (Å²) in [4.78, 5) is 14.0. The van der Waals surface area contributed by atoms with E-state index in [0.29, 0.717) is 11.3 Å². The summed E-state index contributed by atoms with van der Waals surface area (Å²) in [5.41, 5.74) is 0.609. The Bertz CT molecular complexity index is 718. The van der Waals surface area contributed by atoms with Crippen molar-refractivity contribution in [3.8, 4) is 11.8 Å². The lowest BCUT2D eigenvalue weighted by molar-refractivity contribution is -0.398. The summed E-state index contributed by atoms with van der Waals surface area (Å²) >= 11 is 0. The summed E-state index contributed by atoms with van der Waals surface area (Å²) in [6.07, 6.45) is 3.00. The number of hydrogen-bond acceptors (Lipinski definition) is 5. The normalized spacial score (nSPS) is 10.8. The average molecular weight is 266 g/mol. The van der Waals surface area contributed by atoms with Gasteiger partial charge in [0.05, 0.1) is 16.2 Å². The Morgan fingerprint density at radius 3 is 2.75 bits per heavy atom. The first-order valence-corrected chi connectivity index (χ1v) is 5.60. The molecule has 0 radical (unpaired) electrons. The van der Waals surface area contributed by atoms with Crippen LogP contribution in [0.5, 0.6) is 5.75 Å². The van der Waals surface area contributed by atoms with Gasteiger partial charge in [-0.1, -0.05) is 18.2 Å². The van der Waals surface area contributed by atoms with Crippen LogP contribution in [0, 0.1) is 21.4 Å². The van der Waals surface area contributed by atoms with Crippen LogP contribution >= 0.6 is 0 Å². The van der Waals surface area contributed by atoms with E-state index >= 15 is 0 Å². The minimum atomic E-state index is -0.744. The number of aromatic nitrogens is 1. The fraction of sp³-hybridized carbons (Fsp3) is 0. The van der Waals surface area contributed by atoms with Crippen LogP contribution in [0.4, 0.5) is 5.69 Å². The molecule has 0 fully saturated rings. The minimum Gasteiger partial charge on any atom is -0.868 e. The molecule has 0 unspecified atom stereocenters. The fourth-order valence-corrected chi connectivity index (χ4v) is 1.62. The molecule has 2 rings (SSSR count). The summed E-state index contributed by atoms with van der Waals surface area (Å²) in [5.74, 6) is -0.663. The molecule has 0 bridgehead atoms. The Labute approximate surface area is 114 Å². The molecule has 6 heteroatoms. The molecule has 2 aromatic rings. The first-order chi connectivity index (χ1) is 9.61. The number of nitrogens with zero attached hydrogens (tertiary/aromatic N) is 3. The third-order valence-corrected chi connectivity index (χ3v) is 2.55. The van der Waals surface area contributed by atoms with Gasteiger partial charge < -0.3 is 5.11 Å². The number of nitriles is 1. The SMILES string of the molecule is N#C/C(=C\c1ccc([O-])c([N+](=O)[O-])c1)c1ccccn1. The van der Waals surface area contributed by atoms with Crippen LogP contribution in [-0.4, -0.2) is 9.91 Å². The van der Waals surface area contributed by atoms with E-state index in [2.05, 4.69) is 4.98 Å². The quantitative estimate of drug-likeness (QED) is 0.481. The maximum atomic E-state index is 11.3. The van der Waals surface area contributed by atoms with E-state index in [1.165, 1.54) is 12.1 Å². The van der Waals surface area contributed by atoms with Crippen molar-refractivity contribution in [3.63, 3.8) is 0 Å². The average Bonchev–Trinajstić information content (AvgIpc) is 2.47. The summed E-state index contributed by atoms with van der Waals surface area (Å²) in [7, 11) is 0. The predicted molar refractivity (Wildman–Crippen MR) is 70.3 cm³/mol. The highest BCUT2D eigenvalue weighted by molar-refractivity contribution is 5.88. The van der Waals surface area contributed by atoms with Crippen LogP contribution in [0.1, 0.15) is 11.3 Å². The molecule has 0 aliphatic heterocycles. The molecule has 0 spiro atoms. The van der Waals surface area contributed by atoms with Crippen LogP contribution in [-0.2, 0) is 0 Å². The van der Waals surface area contributed by atoms with Gasteiger partial charge in [0.2, 0.25) is 0 Å². The molecule has 1 heterocycles. The second-order valence-corrected chi connectivity index (χ2v) is 3.87. The summed E-state index contributed by atoms with van der Waals surface area (Å²) in [6.45, 7) is 0. The van der Waals surface area contributed by atoms with Gasteiger partial charge in [-0.2, -0.15) is 5.26 Å². The molecule has 0 aliphatic rings. The summed E-state index contributed by atoms with van der Waals surface area (Å²) in [6, 6.07) is 10.8. The number of pyridine rings is 1. The number of nitro groups is 1. The highest BCUT2D eigenvalue weighted by Crippen LogP contribution is 2.26. The first-order valence-electron chi connectivity index (χ1n) is 5.60. The Morgan fingerprint density at radius 2 is 2.15 bits per heavy atom. The number of nitro benzene ring substituents is 1. The molecule has 0 amide bonds. The molecule has 6 nitrogen and oxygen atoms in total. The van der Waals surface area contributed by atoms with Crippen molar-refractivity contribution in [2.45, 2.75) is 0 Å². The summed E-state index contributed by atoms with van der Waals surface area (Å²) in [5, 5.41) is 31.1. The van der Waals surface area contributed by atoms with Gasteiger partial charge in [-0.05, 0) is 29.5 Å². The van der Waals surface area contributed by atoms with Gasteiger partial charge in [-0.15, -0.1) is 0 Å². The topological polar surface area (TPSA) is 103 Å². The molecule has 0 aliphatic carbocycles. The van der Waals surface area contributed by atoms with Crippen molar-refractivity contribution in [3.05, 3.63) is 64.0 Å². The largest absolute Gasteiger partial charge is 0.868 e. The molecular formula is C14H8N3O3-. The highest BCUT2D eigenvalue weighted by atomic mass is 16.6. The van der Waals surface area contributed by atoms with Crippen molar-refractivity contribution in [1.29, 1.82) is 5.26 Å². The van der Waals surface area contributed by atoms with Crippen LogP contribution in [0.25, 0.3) is 11.6 Å². The Morgan fingerprint density at radius 1 is 1.35 bits per heavy atom. The van der Waals surface area contributed by atoms with Crippen molar-refractivity contribution in [1.82, 2.24) is 4.98 Å². The lowest BCUT2D eigenvalue weighted by atomic mass is 10.1. The fourth-order valence-electron chi connectivity index (χ4n) is 1.62. The smallest absolute Gasteiger partial charge is 0.262 e. The van der Waals surface area contributed by atoms with Crippen molar-refractivity contribution in [2.75, 3.05) is 0 Å². The minimum absolute atomic E-state index is 0.263. The van der Waals surface area contributed by atoms with Gasteiger partial charge in [-0.25, -0.2) is 0 Å². The van der Waals surface area contributed by atoms with Crippen molar-refractivity contribution in [2.24, 2.45) is 0 Å². The van der Waals surface area contributed by atoms with Gasteiger partial charge in [0.1, 0.15) is 6.07 Å². The van der Waals surface area contributed by atoms with E-state index in [-0.39, 0.29) is 5.57 Å². The summed E-state index contributed by atoms with van der Waals surface area (Å²) < 4.78 is 0. The second-order valence-electron chi connectivity index (χ2n) is 3.87. The molecule has 1 aromatic carbocycles. The van der Waals surface area contributed by atoms with E-state index in [1.807, 2.05) is 6.07 Å². The van der Waals surface area contributed by atoms with Crippen LogP contribution in [0.15, 0.2) is 42.6 Å². The molecule has 20 heavy (non-hydrogen) atoms. The van der Waals surface area contributed by atoms with Gasteiger partial charge in [0, 0.05) is 12.3 Å². The molecule has 1 aromatic heterocycles. The van der Waals surface area contributed by atoms with Gasteiger partial charge in [0.25, 0.3) is 5.69 Å². The lowest BCUT2D eigenvalue weighted by Gasteiger charge is -2.06. The van der Waals surface area contributed by atoms with E-state index in [1.54, 1.807) is 24.4 Å². The maximum Gasteiger partial charge on any atom is 0.262 e. The molecular weight excluding hydrogens is 258 g/mol.